The summed E-state index contributed by atoms with van der Waals surface area (Å²) in [4.78, 5) is 0. The Hall–Kier alpha value is -1.91. The smallest absolute Gasteiger partial charge is 0.143 e. The van der Waals surface area contributed by atoms with E-state index in [0.29, 0.717) is 6.04 Å². The molecule has 21 heavy (non-hydrogen) atoms. The van der Waals surface area contributed by atoms with Crippen LogP contribution in [0.4, 0.5) is 5.69 Å². The van der Waals surface area contributed by atoms with Gasteiger partial charge in [-0.25, -0.2) is 4.68 Å². The van der Waals surface area contributed by atoms with E-state index in [2.05, 4.69) is 59.8 Å². The molecule has 5 heteroatoms. The topological polar surface area (TPSA) is 55.6 Å². The van der Waals surface area contributed by atoms with Crippen molar-refractivity contribution in [1.29, 1.82) is 0 Å². The van der Waals surface area contributed by atoms with Crippen LogP contribution in [-0.2, 0) is 0 Å². The first kappa shape index (κ1) is 14.0. The molecule has 1 aliphatic rings. The van der Waals surface area contributed by atoms with E-state index >= 15 is 0 Å². The van der Waals surface area contributed by atoms with Gasteiger partial charge in [0.15, 0.2) is 0 Å². The summed E-state index contributed by atoms with van der Waals surface area (Å²) in [5, 5.41) is 15.1. The zero-order chi connectivity index (χ0) is 14.8. The molecule has 0 amide bonds. The van der Waals surface area contributed by atoms with E-state index in [4.69, 9.17) is 0 Å². The fraction of sp³-hybridized carbons (Fsp3) is 0.562. The molecular weight excluding hydrogens is 262 g/mol. The Balaban J connectivity index is 1.78. The third-order valence-electron chi connectivity index (χ3n) is 4.35. The second-order valence-corrected chi connectivity index (χ2v) is 6.51. The fourth-order valence-electron chi connectivity index (χ4n) is 3.52. The largest absolute Gasteiger partial charge is 0.382 e. The molecule has 1 saturated carbocycles. The van der Waals surface area contributed by atoms with Gasteiger partial charge >= 0.3 is 0 Å². The van der Waals surface area contributed by atoms with Crippen molar-refractivity contribution in [1.82, 2.24) is 20.2 Å². The van der Waals surface area contributed by atoms with Gasteiger partial charge in [0.1, 0.15) is 6.33 Å². The molecule has 0 saturated heterocycles. The van der Waals surface area contributed by atoms with Crippen LogP contribution >= 0.6 is 0 Å². The minimum atomic E-state index is 0.563. The van der Waals surface area contributed by atoms with Crippen molar-refractivity contribution >= 4 is 5.69 Å². The van der Waals surface area contributed by atoms with Gasteiger partial charge in [-0.3, -0.25) is 0 Å². The van der Waals surface area contributed by atoms with E-state index in [-0.39, 0.29) is 0 Å². The van der Waals surface area contributed by atoms with Crippen molar-refractivity contribution in [3.05, 3.63) is 30.1 Å². The first-order valence-electron chi connectivity index (χ1n) is 7.72. The number of nitrogens with zero attached hydrogens (tertiary/aromatic N) is 4. The van der Waals surface area contributed by atoms with E-state index in [1.165, 1.54) is 24.8 Å². The summed E-state index contributed by atoms with van der Waals surface area (Å²) in [7, 11) is 0. The number of tetrazole rings is 1. The Kier molecular flexibility index (Phi) is 3.90. The number of hydrogen-bond acceptors (Lipinski definition) is 4. The van der Waals surface area contributed by atoms with Crippen LogP contribution in [0.1, 0.15) is 38.7 Å². The fourth-order valence-corrected chi connectivity index (χ4v) is 3.52. The molecule has 1 fully saturated rings. The number of hydrogen-bond donors (Lipinski definition) is 1. The standard InChI is InChI=1S/C16H23N5/c1-11-6-12(2)8-15(7-11)18-14-5-4-13(3)16(9-14)21-10-17-19-20-21/h4-5,9-12,15,18H,6-8H2,1-3H3. The highest BCUT2D eigenvalue weighted by molar-refractivity contribution is 5.55. The normalized spacial score (nSPS) is 25.8. The van der Waals surface area contributed by atoms with Crippen molar-refractivity contribution in [2.45, 2.75) is 46.1 Å². The van der Waals surface area contributed by atoms with Crippen molar-refractivity contribution in [3.8, 4) is 5.69 Å². The van der Waals surface area contributed by atoms with Crippen molar-refractivity contribution in [2.75, 3.05) is 5.32 Å². The maximum Gasteiger partial charge on any atom is 0.143 e. The lowest BCUT2D eigenvalue weighted by Crippen LogP contribution is -2.30. The van der Waals surface area contributed by atoms with Gasteiger partial charge in [-0.15, -0.1) is 5.10 Å². The summed E-state index contributed by atoms with van der Waals surface area (Å²) in [6.45, 7) is 6.78. The molecule has 1 heterocycles. The molecule has 2 atom stereocenters. The molecule has 2 unspecified atom stereocenters. The van der Waals surface area contributed by atoms with Crippen LogP contribution in [-0.4, -0.2) is 26.2 Å². The maximum absolute atomic E-state index is 3.99. The van der Waals surface area contributed by atoms with Crippen LogP contribution in [0.2, 0.25) is 0 Å². The molecule has 112 valence electrons. The monoisotopic (exact) mass is 285 g/mol. The highest BCUT2D eigenvalue weighted by Crippen LogP contribution is 2.31. The molecule has 1 aromatic heterocycles. The zero-order valence-corrected chi connectivity index (χ0v) is 13.0. The van der Waals surface area contributed by atoms with Gasteiger partial charge in [0, 0.05) is 11.7 Å². The number of aromatic nitrogens is 4. The maximum atomic E-state index is 3.99. The minimum absolute atomic E-state index is 0.563. The Morgan fingerprint density at radius 1 is 1.14 bits per heavy atom. The average molecular weight is 285 g/mol. The molecule has 0 spiro atoms. The van der Waals surface area contributed by atoms with Gasteiger partial charge in [-0.05, 0) is 66.1 Å². The highest BCUT2D eigenvalue weighted by Gasteiger charge is 2.23. The van der Waals surface area contributed by atoms with Gasteiger partial charge in [-0.2, -0.15) is 0 Å². The quantitative estimate of drug-likeness (QED) is 0.941. The molecule has 3 rings (SSSR count). The first-order valence-corrected chi connectivity index (χ1v) is 7.72. The molecule has 0 aliphatic heterocycles. The van der Waals surface area contributed by atoms with Crippen LogP contribution in [0.5, 0.6) is 0 Å². The first-order chi connectivity index (χ1) is 10.1. The van der Waals surface area contributed by atoms with Crippen LogP contribution in [0.15, 0.2) is 24.5 Å². The van der Waals surface area contributed by atoms with E-state index in [0.717, 1.165) is 23.2 Å². The molecule has 0 bridgehead atoms. The number of rotatable bonds is 3. The summed E-state index contributed by atoms with van der Waals surface area (Å²) in [5.41, 5.74) is 3.34. The Bertz CT molecular complexity index is 583. The molecule has 5 nitrogen and oxygen atoms in total. The molecule has 1 aliphatic carbocycles. The van der Waals surface area contributed by atoms with Crippen molar-refractivity contribution in [2.24, 2.45) is 11.8 Å². The van der Waals surface area contributed by atoms with Gasteiger partial charge in [0.05, 0.1) is 5.69 Å². The van der Waals surface area contributed by atoms with E-state index < -0.39 is 0 Å². The van der Waals surface area contributed by atoms with Gasteiger partial charge in [-0.1, -0.05) is 19.9 Å². The van der Waals surface area contributed by atoms with Crippen molar-refractivity contribution in [3.63, 3.8) is 0 Å². The average Bonchev–Trinajstić information content (AvgIpc) is 2.93. The second-order valence-electron chi connectivity index (χ2n) is 6.51. The van der Waals surface area contributed by atoms with Gasteiger partial charge in [0.2, 0.25) is 0 Å². The van der Waals surface area contributed by atoms with E-state index in [9.17, 15) is 0 Å². The molecule has 0 radical (unpaired) electrons. The summed E-state index contributed by atoms with van der Waals surface area (Å²) < 4.78 is 1.71. The van der Waals surface area contributed by atoms with Crippen LogP contribution in [0.25, 0.3) is 5.69 Å². The summed E-state index contributed by atoms with van der Waals surface area (Å²) in [6, 6.07) is 6.96. The van der Waals surface area contributed by atoms with Gasteiger partial charge in [0.25, 0.3) is 0 Å². The predicted octanol–water partition coefficient (Wildman–Crippen LogP) is 3.21. The SMILES string of the molecule is Cc1ccc(NC2CC(C)CC(C)C2)cc1-n1cnnn1. The lowest BCUT2D eigenvalue weighted by molar-refractivity contribution is 0.281. The molecule has 1 N–H and O–H groups in total. The second kappa shape index (κ2) is 5.84. The minimum Gasteiger partial charge on any atom is -0.382 e. The van der Waals surface area contributed by atoms with E-state index in [1.54, 1.807) is 11.0 Å². The number of benzene rings is 1. The summed E-state index contributed by atoms with van der Waals surface area (Å²) >= 11 is 0. The predicted molar refractivity (Wildman–Crippen MR) is 83.5 cm³/mol. The van der Waals surface area contributed by atoms with Crippen LogP contribution in [0, 0.1) is 18.8 Å². The number of aryl methyl sites for hydroxylation is 1. The lowest BCUT2D eigenvalue weighted by Gasteiger charge is -2.32. The number of nitrogens with one attached hydrogen (secondary N) is 1. The Morgan fingerprint density at radius 3 is 2.57 bits per heavy atom. The third-order valence-corrected chi connectivity index (χ3v) is 4.35. The lowest BCUT2D eigenvalue weighted by atomic mass is 9.80. The highest BCUT2D eigenvalue weighted by atomic mass is 15.5. The Labute approximate surface area is 125 Å². The molecule has 2 aromatic rings. The zero-order valence-electron chi connectivity index (χ0n) is 13.0. The Morgan fingerprint density at radius 2 is 1.90 bits per heavy atom. The molecule has 1 aromatic carbocycles. The van der Waals surface area contributed by atoms with E-state index in [1.807, 2.05) is 0 Å². The third kappa shape index (κ3) is 3.23. The summed E-state index contributed by atoms with van der Waals surface area (Å²) in [5.74, 6) is 1.60. The van der Waals surface area contributed by atoms with Crippen LogP contribution < -0.4 is 5.32 Å². The van der Waals surface area contributed by atoms with Crippen molar-refractivity contribution < 1.29 is 0 Å². The molecular formula is C16H23N5. The van der Waals surface area contributed by atoms with Gasteiger partial charge < -0.3 is 5.32 Å². The number of anilines is 1. The summed E-state index contributed by atoms with van der Waals surface area (Å²) in [6.07, 6.45) is 5.48. The van der Waals surface area contributed by atoms with Crippen LogP contribution in [0.3, 0.4) is 0 Å².